The molecule has 0 spiro atoms. The Hall–Kier alpha value is -10.1. The number of hydrogen-bond acceptors (Lipinski definition) is 20. The number of fused-ring (bicyclic) bond motifs is 1. The number of aromatic nitrogens is 6. The molecule has 0 radical (unpaired) electrons. The van der Waals surface area contributed by atoms with Gasteiger partial charge in [-0.1, -0.05) is 42.5 Å². The lowest BCUT2D eigenvalue weighted by molar-refractivity contribution is -0.141. The smallest absolute Gasteiger partial charge is 0.326 e. The molecule has 5 amide bonds. The van der Waals surface area contributed by atoms with Crippen molar-refractivity contribution in [1.29, 1.82) is 0 Å². The molecule has 4 heterocycles. The lowest BCUT2D eigenvalue weighted by Crippen LogP contribution is -2.51. The summed E-state index contributed by atoms with van der Waals surface area (Å²) < 4.78 is 0. The van der Waals surface area contributed by atoms with Gasteiger partial charge in [-0.2, -0.15) is 0 Å². The highest BCUT2D eigenvalue weighted by Crippen LogP contribution is 2.32. The number of Topliss-reactive ketones (excluding diaryl/α,β-unsaturated/α-hetero) is 4. The minimum atomic E-state index is -1.57. The number of aromatic amines is 3. The molecule has 33 heteroatoms. The maximum absolute atomic E-state index is 14.8. The summed E-state index contributed by atoms with van der Waals surface area (Å²) in [5.74, 6) is -11.9. The average molecular weight is 1450 g/mol. The predicted molar refractivity (Wildman–Crippen MR) is 374 cm³/mol. The Morgan fingerprint density at radius 2 is 1.00 bits per heavy atom. The van der Waals surface area contributed by atoms with Crippen molar-refractivity contribution in [3.63, 3.8) is 0 Å². The summed E-state index contributed by atoms with van der Waals surface area (Å²) in [4.78, 5) is 198. The molecule has 2 aromatic carbocycles. The quantitative estimate of drug-likeness (QED) is 0.0248. The van der Waals surface area contributed by atoms with Crippen LogP contribution in [-0.4, -0.2) is 262 Å². The van der Waals surface area contributed by atoms with Gasteiger partial charge in [0.15, 0.2) is 5.78 Å². The number of carboxylic acids is 5. The summed E-state index contributed by atoms with van der Waals surface area (Å²) in [6, 6.07) is 8.26. The second kappa shape index (κ2) is 41.8. The number of amides is 5. The molecule has 104 heavy (non-hydrogen) atoms. The molecule has 0 bridgehead atoms. The van der Waals surface area contributed by atoms with E-state index in [0.717, 1.165) is 16.3 Å². The molecule has 2 aliphatic rings. The van der Waals surface area contributed by atoms with Gasteiger partial charge in [-0.25, -0.2) is 29.3 Å². The van der Waals surface area contributed by atoms with E-state index >= 15 is 0 Å². The number of nitrogens with one attached hydrogen (secondary N) is 8. The Balaban J connectivity index is 0.964. The van der Waals surface area contributed by atoms with Crippen LogP contribution in [0.15, 0.2) is 80.0 Å². The fourth-order valence-corrected chi connectivity index (χ4v) is 13.2. The molecule has 5 aromatic rings. The largest absolute Gasteiger partial charge is 0.481 e. The SMILES string of the molecule is CC(=O)CN1CCN(CC(=O)O)CCN(CC(=O)C[C@@H](Cc2cnc[nH]2)C(=O)N[C@@H](Cc2cnc[nH]2)C(=O)C[C@@H](Cc2cnc[nH]2)C(=O)NCC2CCC(C(=O)C[C@@H](Cc3ccc4ccccc4c3)C(=O)NCCCC[C@H](NC(=O)N[C@@H](CCC(=O)O)C(=O)O)C(=O)O)CC2)CCN(CC(=O)O)CC1. The number of imidazole rings is 3. The Kier molecular flexibility index (Phi) is 32.7. The topological polar surface area (TPSA) is 482 Å². The first kappa shape index (κ1) is 81.2. The maximum Gasteiger partial charge on any atom is 0.326 e. The van der Waals surface area contributed by atoms with E-state index in [4.69, 9.17) is 5.11 Å². The number of aliphatic carboxylic acids is 5. The third kappa shape index (κ3) is 28.6. The van der Waals surface area contributed by atoms with Crippen LogP contribution in [0.4, 0.5) is 4.79 Å². The van der Waals surface area contributed by atoms with Gasteiger partial charge in [0.25, 0.3) is 0 Å². The van der Waals surface area contributed by atoms with Crippen LogP contribution in [0.5, 0.6) is 0 Å². The number of H-pyrrole nitrogens is 3. The van der Waals surface area contributed by atoms with Crippen molar-refractivity contribution in [2.75, 3.05) is 91.6 Å². The van der Waals surface area contributed by atoms with Crippen molar-refractivity contribution in [3.8, 4) is 0 Å². The van der Waals surface area contributed by atoms with E-state index < -0.39 is 102 Å². The van der Waals surface area contributed by atoms with Gasteiger partial charge in [0.2, 0.25) is 17.7 Å². The van der Waals surface area contributed by atoms with Crippen molar-refractivity contribution in [3.05, 3.63) is 103 Å². The second-order valence-electron chi connectivity index (χ2n) is 27.1. The number of urea groups is 1. The zero-order valence-electron chi connectivity index (χ0n) is 58.5. The highest BCUT2D eigenvalue weighted by molar-refractivity contribution is 5.95. The number of carbonyl (C=O) groups is 13. The van der Waals surface area contributed by atoms with Crippen LogP contribution in [0.3, 0.4) is 0 Å². The van der Waals surface area contributed by atoms with Gasteiger partial charge in [0, 0.05) is 158 Å². The van der Waals surface area contributed by atoms with Crippen molar-refractivity contribution in [2.45, 2.75) is 128 Å². The van der Waals surface area contributed by atoms with Gasteiger partial charge >= 0.3 is 35.9 Å². The Labute approximate surface area is 600 Å². The molecule has 1 aliphatic heterocycles. The highest BCUT2D eigenvalue weighted by Gasteiger charge is 2.35. The fourth-order valence-electron chi connectivity index (χ4n) is 13.2. The lowest BCUT2D eigenvalue weighted by atomic mass is 9.77. The monoisotopic (exact) mass is 1450 g/mol. The molecular weight excluding hydrogens is 1350 g/mol. The van der Waals surface area contributed by atoms with Crippen LogP contribution in [0.1, 0.15) is 107 Å². The fraction of sp³-hybridized carbons (Fsp3) is 0.549. The highest BCUT2D eigenvalue weighted by atomic mass is 16.4. The molecule has 7 rings (SSSR count). The summed E-state index contributed by atoms with van der Waals surface area (Å²) >= 11 is 0. The maximum atomic E-state index is 14.8. The third-order valence-corrected chi connectivity index (χ3v) is 18.9. The molecular formula is C71H97N15O18. The van der Waals surface area contributed by atoms with E-state index in [1.165, 1.54) is 38.3 Å². The average Bonchev–Trinajstić information content (AvgIpc) is 0.970. The Morgan fingerprint density at radius 1 is 0.500 bits per heavy atom. The minimum Gasteiger partial charge on any atom is -0.481 e. The van der Waals surface area contributed by atoms with E-state index in [1.807, 2.05) is 47.4 Å². The van der Waals surface area contributed by atoms with E-state index in [1.54, 1.807) is 20.9 Å². The van der Waals surface area contributed by atoms with Crippen LogP contribution in [0.25, 0.3) is 10.8 Å². The predicted octanol–water partition coefficient (Wildman–Crippen LogP) is 1.75. The minimum absolute atomic E-state index is 0.0149. The van der Waals surface area contributed by atoms with Gasteiger partial charge < -0.3 is 67.1 Å². The van der Waals surface area contributed by atoms with Crippen LogP contribution in [-0.2, 0) is 83.2 Å². The van der Waals surface area contributed by atoms with E-state index in [9.17, 15) is 82.8 Å². The molecule has 564 valence electrons. The summed E-state index contributed by atoms with van der Waals surface area (Å²) in [6.45, 7) is 3.23. The summed E-state index contributed by atoms with van der Waals surface area (Å²) in [7, 11) is 0. The van der Waals surface area contributed by atoms with E-state index in [2.05, 4.69) is 56.5 Å². The van der Waals surface area contributed by atoms with Crippen molar-refractivity contribution in [1.82, 2.24) is 76.1 Å². The summed E-state index contributed by atoms with van der Waals surface area (Å²) in [6.07, 6.45) is 10.0. The van der Waals surface area contributed by atoms with Crippen molar-refractivity contribution < 1.29 is 87.9 Å². The van der Waals surface area contributed by atoms with Gasteiger partial charge in [0.05, 0.1) is 63.0 Å². The molecule has 1 saturated heterocycles. The molecule has 2 fully saturated rings. The number of ketones is 4. The van der Waals surface area contributed by atoms with E-state index in [0.29, 0.717) is 55.9 Å². The molecule has 6 atom stereocenters. The number of carboxylic acid groups (broad SMARTS) is 5. The number of carbonyl (C=O) groups excluding carboxylic acids is 8. The van der Waals surface area contributed by atoms with Crippen LogP contribution in [0, 0.1) is 29.6 Å². The number of hydrogen-bond donors (Lipinski definition) is 13. The Bertz CT molecular complexity index is 3650. The first-order chi connectivity index (χ1) is 49.8. The van der Waals surface area contributed by atoms with Gasteiger partial charge in [-0.15, -0.1) is 0 Å². The zero-order valence-corrected chi connectivity index (χ0v) is 58.5. The molecule has 13 N–H and O–H groups in total. The van der Waals surface area contributed by atoms with Crippen molar-refractivity contribution in [2.24, 2.45) is 29.6 Å². The third-order valence-electron chi connectivity index (χ3n) is 18.9. The number of rotatable bonds is 42. The lowest BCUT2D eigenvalue weighted by Gasteiger charge is -2.33. The number of nitrogens with zero attached hydrogens (tertiary/aromatic N) is 7. The van der Waals surface area contributed by atoms with E-state index in [-0.39, 0.29) is 178 Å². The van der Waals surface area contributed by atoms with Crippen LogP contribution in [0.2, 0.25) is 0 Å². The number of unbranched alkanes of at least 4 members (excludes halogenated alkanes) is 1. The van der Waals surface area contributed by atoms with Crippen molar-refractivity contribution >= 4 is 87.5 Å². The molecule has 0 unspecified atom stereocenters. The summed E-state index contributed by atoms with van der Waals surface area (Å²) in [5, 5.41) is 62.9. The first-order valence-electron chi connectivity index (χ1n) is 35.2. The molecule has 1 saturated carbocycles. The summed E-state index contributed by atoms with van der Waals surface area (Å²) in [5.41, 5.74) is 2.44. The van der Waals surface area contributed by atoms with Crippen LogP contribution >= 0.6 is 0 Å². The standard InChI is InChI=1S/C71H97N15O18/c1-45(87)38-83-18-22-85(40-64(93)94)24-20-84(21-25-86(23-19-83)41-65(95)96)39-57(88)30-52(28-54-35-72-42-77-54)68(99)80-60(33-56-37-74-44-79-56)62(90)32-53(29-55-36-73-43-78-55)67(98)76-34-46-9-13-49(14-10-46)61(89)31-51(27-47-11-12-48-6-2-3-7-50(48)26-47)66(97)75-17-5-4-8-58(69(100)101)81-71(104)82-59(70(102)103)15-16-63(91)92/h2-3,6-7,11-12,26,35-37,42-44,46,49,51-53,58-60H,4-5,8-10,13-25,27-34,38-41H2,1H3,(H,72,77)(H,73,78)(H,74,79)(H,75,97)(H,76,98)(H,80,99)(H,91,92)(H,93,94)(H,95,96)(H,100,101)(H,102,103)(H2,81,82,104)/t46?,49?,51-,52-,53-,58+,59+,60+/m1/s1. The number of benzene rings is 2. The van der Waals surface area contributed by atoms with Gasteiger partial charge in [0.1, 0.15) is 29.4 Å². The Morgan fingerprint density at radius 3 is 1.52 bits per heavy atom. The van der Waals surface area contributed by atoms with Gasteiger partial charge in [-0.3, -0.25) is 67.5 Å². The molecule has 1 aliphatic carbocycles. The van der Waals surface area contributed by atoms with Gasteiger partial charge in [-0.05, 0) is 87.0 Å². The normalized spacial score (nSPS) is 17.6. The molecule has 33 nitrogen and oxygen atoms in total. The zero-order chi connectivity index (χ0) is 75.1. The molecule has 3 aromatic heterocycles. The second-order valence-corrected chi connectivity index (χ2v) is 27.1. The first-order valence-corrected chi connectivity index (χ1v) is 35.2. The van der Waals surface area contributed by atoms with Crippen LogP contribution < -0.4 is 26.6 Å².